The van der Waals surface area contributed by atoms with Gasteiger partial charge in [-0.3, -0.25) is 14.3 Å². The molecule has 7 heteroatoms. The Labute approximate surface area is 149 Å². The van der Waals surface area contributed by atoms with E-state index in [1.807, 2.05) is 21.4 Å². The molecule has 0 radical (unpaired) electrons. The molecular weight excluding hydrogens is 318 g/mol. The SMILES string of the molecule is Cc1c(C(=O)N2CCCC(N3CCNCC3=O)C2)cnn1C(C)(C)C. The standard InChI is InChI=1S/C18H29N5O2/c1-13-15(10-20-23(13)18(2,3)4)17(25)21-8-5-6-14(12-21)22-9-7-19-11-16(22)24/h10,14,19H,5-9,11-12H2,1-4H3. The van der Waals surface area contributed by atoms with Crippen LogP contribution in [0.3, 0.4) is 0 Å². The van der Waals surface area contributed by atoms with Gasteiger partial charge in [-0.25, -0.2) is 0 Å². The van der Waals surface area contributed by atoms with E-state index in [1.54, 1.807) is 6.20 Å². The number of nitrogens with zero attached hydrogens (tertiary/aromatic N) is 4. The Balaban J connectivity index is 1.74. The van der Waals surface area contributed by atoms with E-state index in [1.165, 1.54) is 0 Å². The van der Waals surface area contributed by atoms with E-state index in [4.69, 9.17) is 0 Å². The van der Waals surface area contributed by atoms with Crippen LogP contribution in [0, 0.1) is 6.92 Å². The van der Waals surface area contributed by atoms with Crippen LogP contribution in [0.15, 0.2) is 6.20 Å². The molecule has 0 aromatic carbocycles. The highest BCUT2D eigenvalue weighted by molar-refractivity contribution is 5.95. The number of amides is 2. The number of hydrogen-bond acceptors (Lipinski definition) is 4. The zero-order chi connectivity index (χ0) is 18.2. The molecule has 3 heterocycles. The first kappa shape index (κ1) is 17.9. The fourth-order valence-corrected chi connectivity index (χ4v) is 3.87. The molecule has 25 heavy (non-hydrogen) atoms. The van der Waals surface area contributed by atoms with Gasteiger partial charge in [0.2, 0.25) is 5.91 Å². The Hall–Kier alpha value is -1.89. The first-order valence-electron chi connectivity index (χ1n) is 9.13. The van der Waals surface area contributed by atoms with Crippen LogP contribution >= 0.6 is 0 Å². The Morgan fingerprint density at radius 2 is 2.08 bits per heavy atom. The van der Waals surface area contributed by atoms with Gasteiger partial charge in [0, 0.05) is 37.9 Å². The first-order valence-corrected chi connectivity index (χ1v) is 9.13. The number of piperazine rings is 1. The van der Waals surface area contributed by atoms with Gasteiger partial charge in [-0.15, -0.1) is 0 Å². The molecule has 2 saturated heterocycles. The minimum absolute atomic E-state index is 0.0280. The molecule has 0 saturated carbocycles. The summed E-state index contributed by atoms with van der Waals surface area (Å²) >= 11 is 0. The van der Waals surface area contributed by atoms with Crippen molar-refractivity contribution in [2.75, 3.05) is 32.7 Å². The second-order valence-electron chi connectivity index (χ2n) is 8.04. The lowest BCUT2D eigenvalue weighted by molar-refractivity contribution is -0.135. The molecule has 0 aliphatic carbocycles. The van der Waals surface area contributed by atoms with Crippen LogP contribution in [-0.4, -0.2) is 70.2 Å². The summed E-state index contributed by atoms with van der Waals surface area (Å²) in [5.41, 5.74) is 1.42. The van der Waals surface area contributed by atoms with Crippen molar-refractivity contribution in [3.05, 3.63) is 17.5 Å². The van der Waals surface area contributed by atoms with Crippen molar-refractivity contribution in [2.45, 2.75) is 52.1 Å². The minimum atomic E-state index is -0.153. The zero-order valence-electron chi connectivity index (χ0n) is 15.7. The first-order chi connectivity index (χ1) is 11.8. The van der Waals surface area contributed by atoms with Crippen molar-refractivity contribution >= 4 is 11.8 Å². The van der Waals surface area contributed by atoms with Crippen molar-refractivity contribution in [1.29, 1.82) is 0 Å². The number of carbonyl (C=O) groups is 2. The number of aromatic nitrogens is 2. The number of likely N-dealkylation sites (tertiary alicyclic amines) is 1. The van der Waals surface area contributed by atoms with Crippen LogP contribution < -0.4 is 5.32 Å². The maximum Gasteiger partial charge on any atom is 0.257 e. The van der Waals surface area contributed by atoms with Crippen molar-refractivity contribution in [1.82, 2.24) is 24.9 Å². The topological polar surface area (TPSA) is 70.5 Å². The van der Waals surface area contributed by atoms with Crippen LogP contribution in [0.4, 0.5) is 0 Å². The number of carbonyl (C=O) groups excluding carboxylic acids is 2. The zero-order valence-corrected chi connectivity index (χ0v) is 15.7. The van der Waals surface area contributed by atoms with Crippen molar-refractivity contribution < 1.29 is 9.59 Å². The van der Waals surface area contributed by atoms with Gasteiger partial charge < -0.3 is 15.1 Å². The third-order valence-electron chi connectivity index (χ3n) is 5.13. The summed E-state index contributed by atoms with van der Waals surface area (Å²) in [4.78, 5) is 29.0. The fourth-order valence-electron chi connectivity index (χ4n) is 3.87. The largest absolute Gasteiger partial charge is 0.336 e. The minimum Gasteiger partial charge on any atom is -0.336 e. The van der Waals surface area contributed by atoms with Crippen LogP contribution in [0.25, 0.3) is 0 Å². The van der Waals surface area contributed by atoms with E-state index in [2.05, 4.69) is 31.2 Å². The van der Waals surface area contributed by atoms with Crippen LogP contribution in [0.1, 0.15) is 49.7 Å². The third kappa shape index (κ3) is 3.56. The fraction of sp³-hybridized carbons (Fsp3) is 0.722. The Bertz CT molecular complexity index is 661. The van der Waals surface area contributed by atoms with Crippen molar-refractivity contribution in [2.24, 2.45) is 0 Å². The lowest BCUT2D eigenvalue weighted by Crippen LogP contribution is -2.57. The van der Waals surface area contributed by atoms with E-state index < -0.39 is 0 Å². The average Bonchev–Trinajstić information content (AvgIpc) is 2.96. The highest BCUT2D eigenvalue weighted by atomic mass is 16.2. The molecule has 3 rings (SSSR count). The molecule has 0 bridgehead atoms. The predicted octanol–water partition coefficient (Wildman–Crippen LogP) is 0.983. The molecule has 2 amide bonds. The Morgan fingerprint density at radius 3 is 2.72 bits per heavy atom. The molecule has 1 N–H and O–H groups in total. The Kier molecular flexibility index (Phi) is 4.86. The van der Waals surface area contributed by atoms with Gasteiger partial charge in [-0.2, -0.15) is 5.10 Å². The van der Waals surface area contributed by atoms with Gasteiger partial charge >= 0.3 is 0 Å². The van der Waals surface area contributed by atoms with E-state index >= 15 is 0 Å². The molecule has 2 aliphatic rings. The summed E-state index contributed by atoms with van der Waals surface area (Å²) in [6.45, 7) is 11.5. The number of rotatable bonds is 2. The summed E-state index contributed by atoms with van der Waals surface area (Å²) in [5.74, 6) is 0.169. The average molecular weight is 347 g/mol. The lowest BCUT2D eigenvalue weighted by atomic mass is 10.0. The summed E-state index contributed by atoms with van der Waals surface area (Å²) in [6.07, 6.45) is 3.58. The van der Waals surface area contributed by atoms with E-state index in [0.717, 1.165) is 38.2 Å². The molecule has 0 spiro atoms. The highest BCUT2D eigenvalue weighted by Gasteiger charge is 2.33. The molecule has 1 aromatic rings. The summed E-state index contributed by atoms with van der Waals surface area (Å²) in [7, 11) is 0. The molecule has 2 aliphatic heterocycles. The van der Waals surface area contributed by atoms with Gasteiger partial charge in [0.1, 0.15) is 0 Å². The predicted molar refractivity (Wildman–Crippen MR) is 95.5 cm³/mol. The van der Waals surface area contributed by atoms with E-state index in [9.17, 15) is 9.59 Å². The second kappa shape index (κ2) is 6.78. The van der Waals surface area contributed by atoms with E-state index in [-0.39, 0.29) is 23.4 Å². The van der Waals surface area contributed by atoms with Gasteiger partial charge in [-0.05, 0) is 40.5 Å². The van der Waals surface area contributed by atoms with Gasteiger partial charge in [-0.1, -0.05) is 0 Å². The van der Waals surface area contributed by atoms with Crippen LogP contribution in [0.5, 0.6) is 0 Å². The van der Waals surface area contributed by atoms with E-state index in [0.29, 0.717) is 18.7 Å². The molecular formula is C18H29N5O2. The van der Waals surface area contributed by atoms with Gasteiger partial charge in [0.05, 0.1) is 23.8 Å². The van der Waals surface area contributed by atoms with Crippen molar-refractivity contribution in [3.8, 4) is 0 Å². The molecule has 2 fully saturated rings. The number of nitrogens with one attached hydrogen (secondary N) is 1. The third-order valence-corrected chi connectivity index (χ3v) is 5.13. The van der Waals surface area contributed by atoms with Crippen LogP contribution in [0.2, 0.25) is 0 Å². The maximum atomic E-state index is 13.0. The quantitative estimate of drug-likeness (QED) is 0.866. The number of hydrogen-bond donors (Lipinski definition) is 1. The lowest BCUT2D eigenvalue weighted by Gasteiger charge is -2.41. The van der Waals surface area contributed by atoms with Crippen molar-refractivity contribution in [3.63, 3.8) is 0 Å². The molecule has 1 atom stereocenters. The van der Waals surface area contributed by atoms with Gasteiger partial charge in [0.25, 0.3) is 5.91 Å². The van der Waals surface area contributed by atoms with Gasteiger partial charge in [0.15, 0.2) is 0 Å². The molecule has 7 nitrogen and oxygen atoms in total. The molecule has 138 valence electrons. The summed E-state index contributed by atoms with van der Waals surface area (Å²) < 4.78 is 1.90. The molecule has 1 aromatic heterocycles. The smallest absolute Gasteiger partial charge is 0.257 e. The molecule has 1 unspecified atom stereocenters. The van der Waals surface area contributed by atoms with Crippen LogP contribution in [-0.2, 0) is 10.3 Å². The monoisotopic (exact) mass is 347 g/mol. The highest BCUT2D eigenvalue weighted by Crippen LogP contribution is 2.22. The number of piperidine rings is 1. The maximum absolute atomic E-state index is 13.0. The summed E-state index contributed by atoms with van der Waals surface area (Å²) in [6, 6.07) is 0.130. The Morgan fingerprint density at radius 1 is 1.32 bits per heavy atom. The normalized spacial score (nSPS) is 22.4. The second-order valence-corrected chi connectivity index (χ2v) is 8.04. The summed E-state index contributed by atoms with van der Waals surface area (Å²) in [5, 5.41) is 7.53.